The Morgan fingerprint density at radius 2 is 1.61 bits per heavy atom. The van der Waals surface area contributed by atoms with E-state index < -0.39 is 0 Å². The van der Waals surface area contributed by atoms with E-state index in [-0.39, 0.29) is 17.8 Å². The van der Waals surface area contributed by atoms with Crippen LogP contribution in [0.15, 0.2) is 36.4 Å². The second-order valence-corrected chi connectivity index (χ2v) is 7.18. The average molecular weight is 313 g/mol. The molecule has 0 amide bonds. The van der Waals surface area contributed by atoms with Crippen molar-refractivity contribution < 1.29 is 10.2 Å². The maximum Gasteiger partial charge on any atom is 0.117 e. The van der Waals surface area contributed by atoms with Gasteiger partial charge < -0.3 is 15.1 Å². The van der Waals surface area contributed by atoms with Gasteiger partial charge >= 0.3 is 0 Å². The molecule has 0 spiro atoms. The first-order valence-corrected chi connectivity index (χ1v) is 7.99. The lowest BCUT2D eigenvalue weighted by Crippen LogP contribution is -2.34. The standard InChI is InChI=1S/C20H27NO2/c1-14-9-15(2)19(16(3)10-14)21(12-20(4,5)13-22)17-7-6-8-18(23)11-17/h6-11,22-23H,12-13H2,1-5H3. The summed E-state index contributed by atoms with van der Waals surface area (Å²) in [5.41, 5.74) is 5.44. The molecule has 2 N–H and O–H groups in total. The Kier molecular flexibility index (Phi) is 5.00. The molecule has 0 aliphatic heterocycles. The van der Waals surface area contributed by atoms with E-state index in [1.807, 2.05) is 26.0 Å². The number of hydrogen-bond acceptors (Lipinski definition) is 3. The van der Waals surface area contributed by atoms with E-state index in [1.165, 1.54) is 16.7 Å². The molecule has 0 heterocycles. The highest BCUT2D eigenvalue weighted by Crippen LogP contribution is 2.36. The predicted octanol–water partition coefficient (Wildman–Crippen LogP) is 4.47. The number of aryl methyl sites for hydroxylation is 3. The Balaban J connectivity index is 2.59. The van der Waals surface area contributed by atoms with Crippen molar-refractivity contribution in [2.75, 3.05) is 18.1 Å². The number of anilines is 2. The van der Waals surface area contributed by atoms with Crippen LogP contribution in [0.5, 0.6) is 5.75 Å². The summed E-state index contributed by atoms with van der Waals surface area (Å²) in [5.74, 6) is 0.247. The van der Waals surface area contributed by atoms with Gasteiger partial charge in [0.2, 0.25) is 0 Å². The first-order valence-electron chi connectivity index (χ1n) is 7.99. The minimum atomic E-state index is -0.255. The molecule has 3 nitrogen and oxygen atoms in total. The Bertz CT molecular complexity index is 669. The SMILES string of the molecule is Cc1cc(C)c(N(CC(C)(C)CO)c2cccc(O)c2)c(C)c1. The fourth-order valence-electron chi connectivity index (χ4n) is 3.04. The van der Waals surface area contributed by atoms with Crippen molar-refractivity contribution in [2.45, 2.75) is 34.6 Å². The van der Waals surface area contributed by atoms with Gasteiger partial charge in [-0.3, -0.25) is 0 Å². The fraction of sp³-hybridized carbons (Fsp3) is 0.400. The Labute approximate surface area is 139 Å². The number of hydrogen-bond donors (Lipinski definition) is 2. The average Bonchev–Trinajstić information content (AvgIpc) is 2.45. The predicted molar refractivity (Wildman–Crippen MR) is 96.6 cm³/mol. The van der Waals surface area contributed by atoms with Crippen LogP contribution in [-0.4, -0.2) is 23.4 Å². The number of rotatable bonds is 5. The van der Waals surface area contributed by atoms with Crippen LogP contribution in [0.4, 0.5) is 11.4 Å². The molecule has 0 aliphatic rings. The fourth-order valence-corrected chi connectivity index (χ4v) is 3.04. The molecular weight excluding hydrogens is 286 g/mol. The summed E-state index contributed by atoms with van der Waals surface area (Å²) in [4.78, 5) is 2.19. The van der Waals surface area contributed by atoms with Crippen LogP contribution in [-0.2, 0) is 0 Å². The molecule has 2 aromatic rings. The van der Waals surface area contributed by atoms with E-state index in [2.05, 4.69) is 37.8 Å². The summed E-state index contributed by atoms with van der Waals surface area (Å²) in [5, 5.41) is 19.6. The second kappa shape index (κ2) is 6.63. The Hall–Kier alpha value is -2.00. The molecule has 0 saturated heterocycles. The van der Waals surface area contributed by atoms with Crippen molar-refractivity contribution in [3.05, 3.63) is 53.1 Å². The van der Waals surface area contributed by atoms with Gasteiger partial charge in [0, 0.05) is 36.0 Å². The van der Waals surface area contributed by atoms with Gasteiger partial charge in [-0.2, -0.15) is 0 Å². The number of nitrogens with zero attached hydrogens (tertiary/aromatic N) is 1. The Morgan fingerprint density at radius 1 is 1.00 bits per heavy atom. The van der Waals surface area contributed by atoms with Crippen molar-refractivity contribution in [3.63, 3.8) is 0 Å². The van der Waals surface area contributed by atoms with Gasteiger partial charge in [-0.05, 0) is 44.0 Å². The van der Waals surface area contributed by atoms with E-state index in [0.29, 0.717) is 6.54 Å². The zero-order valence-electron chi connectivity index (χ0n) is 14.7. The largest absolute Gasteiger partial charge is 0.508 e. The monoisotopic (exact) mass is 313 g/mol. The van der Waals surface area contributed by atoms with E-state index in [0.717, 1.165) is 11.4 Å². The van der Waals surface area contributed by atoms with Crippen molar-refractivity contribution in [3.8, 4) is 5.75 Å². The van der Waals surface area contributed by atoms with Crippen LogP contribution in [0, 0.1) is 26.2 Å². The number of aromatic hydroxyl groups is 1. The van der Waals surface area contributed by atoms with Crippen LogP contribution in [0.25, 0.3) is 0 Å². The van der Waals surface area contributed by atoms with Crippen molar-refractivity contribution >= 4 is 11.4 Å². The van der Waals surface area contributed by atoms with Gasteiger partial charge in [0.25, 0.3) is 0 Å². The number of benzene rings is 2. The second-order valence-electron chi connectivity index (χ2n) is 7.18. The highest BCUT2D eigenvalue weighted by Gasteiger charge is 2.24. The molecule has 0 aliphatic carbocycles. The highest BCUT2D eigenvalue weighted by molar-refractivity contribution is 5.71. The lowest BCUT2D eigenvalue weighted by atomic mass is 9.92. The lowest BCUT2D eigenvalue weighted by Gasteiger charge is -2.35. The third kappa shape index (κ3) is 4.05. The van der Waals surface area contributed by atoms with Crippen LogP contribution in [0.3, 0.4) is 0 Å². The van der Waals surface area contributed by atoms with Crippen molar-refractivity contribution in [2.24, 2.45) is 5.41 Å². The zero-order chi connectivity index (χ0) is 17.2. The molecule has 3 heteroatoms. The summed E-state index contributed by atoms with van der Waals surface area (Å²) in [6.45, 7) is 11.2. The molecule has 0 saturated carbocycles. The number of phenolic OH excluding ortho intramolecular Hbond substituents is 1. The summed E-state index contributed by atoms with van der Waals surface area (Å²) in [7, 11) is 0. The minimum absolute atomic E-state index is 0.103. The summed E-state index contributed by atoms with van der Waals surface area (Å²) >= 11 is 0. The van der Waals surface area contributed by atoms with Gasteiger partial charge in [-0.15, -0.1) is 0 Å². The van der Waals surface area contributed by atoms with Gasteiger partial charge in [0.05, 0.1) is 0 Å². The normalized spacial score (nSPS) is 11.6. The molecule has 0 aromatic heterocycles. The first-order chi connectivity index (χ1) is 10.7. The topological polar surface area (TPSA) is 43.7 Å². The summed E-state index contributed by atoms with van der Waals surface area (Å²) in [6, 6.07) is 11.6. The molecule has 2 aromatic carbocycles. The number of aliphatic hydroxyl groups is 1. The van der Waals surface area contributed by atoms with E-state index >= 15 is 0 Å². The van der Waals surface area contributed by atoms with Crippen LogP contribution < -0.4 is 4.90 Å². The molecular formula is C20H27NO2. The molecule has 124 valence electrons. The summed E-state index contributed by atoms with van der Waals surface area (Å²) in [6.07, 6.45) is 0. The molecule has 0 fully saturated rings. The van der Waals surface area contributed by atoms with Crippen LogP contribution >= 0.6 is 0 Å². The molecule has 0 unspecified atom stereocenters. The smallest absolute Gasteiger partial charge is 0.117 e. The van der Waals surface area contributed by atoms with Gasteiger partial charge in [-0.25, -0.2) is 0 Å². The van der Waals surface area contributed by atoms with Gasteiger partial charge in [0.1, 0.15) is 5.75 Å². The lowest BCUT2D eigenvalue weighted by molar-refractivity contribution is 0.166. The van der Waals surface area contributed by atoms with Crippen LogP contribution in [0.1, 0.15) is 30.5 Å². The van der Waals surface area contributed by atoms with Crippen molar-refractivity contribution in [1.29, 1.82) is 0 Å². The zero-order valence-corrected chi connectivity index (χ0v) is 14.7. The Morgan fingerprint density at radius 3 is 2.13 bits per heavy atom. The maximum absolute atomic E-state index is 9.87. The van der Waals surface area contributed by atoms with Crippen molar-refractivity contribution in [1.82, 2.24) is 0 Å². The van der Waals surface area contributed by atoms with E-state index in [4.69, 9.17) is 0 Å². The summed E-state index contributed by atoms with van der Waals surface area (Å²) < 4.78 is 0. The number of aliphatic hydroxyl groups excluding tert-OH is 1. The molecule has 0 atom stereocenters. The maximum atomic E-state index is 9.87. The van der Waals surface area contributed by atoms with Gasteiger partial charge in [-0.1, -0.05) is 37.6 Å². The molecule has 0 radical (unpaired) electrons. The van der Waals surface area contributed by atoms with Crippen LogP contribution in [0.2, 0.25) is 0 Å². The quantitative estimate of drug-likeness (QED) is 0.855. The van der Waals surface area contributed by atoms with E-state index in [1.54, 1.807) is 12.1 Å². The number of phenols is 1. The van der Waals surface area contributed by atoms with Gasteiger partial charge in [0.15, 0.2) is 0 Å². The minimum Gasteiger partial charge on any atom is -0.508 e. The molecule has 0 bridgehead atoms. The molecule has 2 rings (SSSR count). The third-order valence-corrected chi connectivity index (χ3v) is 4.06. The highest BCUT2D eigenvalue weighted by atomic mass is 16.3. The molecule has 23 heavy (non-hydrogen) atoms. The third-order valence-electron chi connectivity index (χ3n) is 4.06. The van der Waals surface area contributed by atoms with E-state index in [9.17, 15) is 10.2 Å². The first kappa shape index (κ1) is 17.4.